The molecule has 0 aromatic heterocycles. The summed E-state index contributed by atoms with van der Waals surface area (Å²) in [6.45, 7) is 0.163. The molecule has 0 radical (unpaired) electrons. The van der Waals surface area contributed by atoms with Crippen LogP contribution in [0.3, 0.4) is 0 Å². The van der Waals surface area contributed by atoms with Crippen LogP contribution in [0.2, 0.25) is 0 Å². The number of hydrogen-bond donors (Lipinski definition) is 2. The predicted molar refractivity (Wildman–Crippen MR) is 88.2 cm³/mol. The Hall–Kier alpha value is -2.16. The minimum absolute atomic E-state index is 0.0152. The van der Waals surface area contributed by atoms with Crippen molar-refractivity contribution in [2.24, 2.45) is 0 Å². The lowest BCUT2D eigenvalue weighted by molar-refractivity contribution is 0.263. The molecule has 0 unspecified atom stereocenters. The van der Waals surface area contributed by atoms with Crippen molar-refractivity contribution in [2.45, 2.75) is 11.8 Å². The van der Waals surface area contributed by atoms with Crippen LogP contribution in [0.25, 0.3) is 10.8 Å². The van der Waals surface area contributed by atoms with Gasteiger partial charge in [-0.05, 0) is 33.0 Å². The molecule has 0 bridgehead atoms. The number of aliphatic hydroxyl groups excluding tert-OH is 2. The molecule has 0 fully saturated rings. The zero-order valence-corrected chi connectivity index (χ0v) is 12.2. The minimum atomic E-state index is -0.0277. The van der Waals surface area contributed by atoms with Gasteiger partial charge in [0.25, 0.3) is 0 Å². The van der Waals surface area contributed by atoms with Crippen molar-refractivity contribution in [2.75, 3.05) is 13.2 Å². The molecule has 22 heavy (non-hydrogen) atoms. The van der Waals surface area contributed by atoms with E-state index < -0.39 is 0 Å². The number of benzene rings is 3. The summed E-state index contributed by atoms with van der Waals surface area (Å²) in [6, 6.07) is 20.6. The van der Waals surface area contributed by atoms with Crippen LogP contribution in [0.4, 0.5) is 0 Å². The second kappa shape index (κ2) is 5.24. The Morgan fingerprint density at radius 2 is 1.27 bits per heavy atom. The number of hydrogen-bond acceptors (Lipinski definition) is 2. The molecule has 3 aromatic carbocycles. The van der Waals surface area contributed by atoms with E-state index in [2.05, 4.69) is 36.4 Å². The molecular weight excluding hydrogens is 272 g/mol. The fourth-order valence-electron chi connectivity index (χ4n) is 3.86. The van der Waals surface area contributed by atoms with Crippen LogP contribution in [0.5, 0.6) is 0 Å². The Labute approximate surface area is 129 Å². The van der Waals surface area contributed by atoms with Crippen LogP contribution in [-0.2, 0) is 0 Å². The van der Waals surface area contributed by atoms with E-state index in [1.807, 2.05) is 24.3 Å². The van der Waals surface area contributed by atoms with Crippen LogP contribution in [-0.4, -0.2) is 23.4 Å². The van der Waals surface area contributed by atoms with Gasteiger partial charge in [-0.1, -0.05) is 60.7 Å². The van der Waals surface area contributed by atoms with Gasteiger partial charge in [0.15, 0.2) is 0 Å². The van der Waals surface area contributed by atoms with E-state index in [1.165, 1.54) is 16.3 Å². The molecule has 1 aliphatic carbocycles. The van der Waals surface area contributed by atoms with E-state index in [9.17, 15) is 10.2 Å². The quantitative estimate of drug-likeness (QED) is 0.759. The minimum Gasteiger partial charge on any atom is -0.395 e. The Morgan fingerprint density at radius 3 is 2.00 bits per heavy atom. The SMILES string of the molecule is OC[C@@H]1c2ccccc2[C@@H](CO)c2c1ccc1ccccc21. The van der Waals surface area contributed by atoms with Crippen molar-refractivity contribution >= 4 is 10.8 Å². The first-order chi connectivity index (χ1) is 10.8. The maximum Gasteiger partial charge on any atom is 0.0540 e. The molecule has 0 saturated carbocycles. The second-order valence-electron chi connectivity index (χ2n) is 5.89. The summed E-state index contributed by atoms with van der Waals surface area (Å²) in [6.07, 6.45) is 0. The van der Waals surface area contributed by atoms with E-state index in [-0.39, 0.29) is 25.0 Å². The fraction of sp³-hybridized carbons (Fsp3) is 0.200. The van der Waals surface area contributed by atoms with Gasteiger partial charge >= 0.3 is 0 Å². The van der Waals surface area contributed by atoms with Gasteiger partial charge in [0.2, 0.25) is 0 Å². The summed E-state index contributed by atoms with van der Waals surface area (Å²) in [5.41, 5.74) is 4.57. The monoisotopic (exact) mass is 290 g/mol. The third-order valence-electron chi connectivity index (χ3n) is 4.84. The summed E-state index contributed by atoms with van der Waals surface area (Å²) in [4.78, 5) is 0. The number of fused-ring (bicyclic) bond motifs is 4. The zero-order chi connectivity index (χ0) is 15.1. The third kappa shape index (κ3) is 1.81. The lowest BCUT2D eigenvalue weighted by Crippen LogP contribution is -2.22. The Kier molecular flexibility index (Phi) is 3.21. The fourth-order valence-corrected chi connectivity index (χ4v) is 3.86. The van der Waals surface area contributed by atoms with E-state index in [4.69, 9.17) is 0 Å². The van der Waals surface area contributed by atoms with Crippen LogP contribution in [0, 0.1) is 0 Å². The average molecular weight is 290 g/mol. The molecule has 2 atom stereocenters. The third-order valence-corrected chi connectivity index (χ3v) is 4.84. The van der Waals surface area contributed by atoms with Crippen molar-refractivity contribution in [1.29, 1.82) is 0 Å². The van der Waals surface area contributed by atoms with Crippen molar-refractivity contribution in [3.63, 3.8) is 0 Å². The van der Waals surface area contributed by atoms with Crippen molar-refractivity contribution in [3.8, 4) is 0 Å². The highest BCUT2D eigenvalue weighted by molar-refractivity contribution is 5.89. The van der Waals surface area contributed by atoms with Crippen molar-refractivity contribution in [3.05, 3.63) is 82.9 Å². The molecule has 1 aliphatic rings. The van der Waals surface area contributed by atoms with Gasteiger partial charge in [-0.3, -0.25) is 0 Å². The Morgan fingerprint density at radius 1 is 0.636 bits per heavy atom. The molecule has 0 saturated heterocycles. The zero-order valence-electron chi connectivity index (χ0n) is 12.2. The first-order valence-electron chi connectivity index (χ1n) is 7.67. The van der Waals surface area contributed by atoms with Crippen LogP contribution in [0.15, 0.2) is 60.7 Å². The van der Waals surface area contributed by atoms with E-state index >= 15 is 0 Å². The van der Waals surface area contributed by atoms with Crippen molar-refractivity contribution < 1.29 is 10.2 Å². The molecule has 0 heterocycles. The highest BCUT2D eigenvalue weighted by atomic mass is 16.3. The second-order valence-corrected chi connectivity index (χ2v) is 5.89. The van der Waals surface area contributed by atoms with Gasteiger partial charge in [-0.2, -0.15) is 0 Å². The smallest absolute Gasteiger partial charge is 0.0540 e. The van der Waals surface area contributed by atoms with E-state index in [0.717, 1.165) is 16.7 Å². The summed E-state index contributed by atoms with van der Waals surface area (Å²) in [5.74, 6) is -0.0429. The topological polar surface area (TPSA) is 40.5 Å². The Balaban J connectivity index is 2.08. The molecule has 3 aromatic rings. The maximum absolute atomic E-state index is 10.0. The average Bonchev–Trinajstić information content (AvgIpc) is 2.59. The molecule has 2 heteroatoms. The van der Waals surface area contributed by atoms with Crippen molar-refractivity contribution in [1.82, 2.24) is 0 Å². The summed E-state index contributed by atoms with van der Waals surface area (Å²) < 4.78 is 0. The molecule has 0 spiro atoms. The number of aliphatic hydroxyl groups is 2. The van der Waals surface area contributed by atoms with Gasteiger partial charge in [0.05, 0.1) is 13.2 Å². The van der Waals surface area contributed by atoms with Gasteiger partial charge in [-0.25, -0.2) is 0 Å². The molecule has 2 N–H and O–H groups in total. The van der Waals surface area contributed by atoms with Crippen LogP contribution in [0.1, 0.15) is 34.1 Å². The van der Waals surface area contributed by atoms with Crippen LogP contribution >= 0.6 is 0 Å². The van der Waals surface area contributed by atoms with Gasteiger partial charge in [0, 0.05) is 11.8 Å². The summed E-state index contributed by atoms with van der Waals surface area (Å²) in [5, 5.41) is 22.3. The largest absolute Gasteiger partial charge is 0.395 e. The predicted octanol–water partition coefficient (Wildman–Crippen LogP) is 3.40. The Bertz CT molecular complexity index is 838. The van der Waals surface area contributed by atoms with Crippen LogP contribution < -0.4 is 0 Å². The number of rotatable bonds is 2. The standard InChI is InChI=1S/C20H18O2/c21-11-18-15-7-3-4-8-16(15)19(12-22)20-14-6-2-1-5-13(14)9-10-17(18)20/h1-10,18-19,21-22H,11-12H2/t18-,19-/m1/s1. The normalized spacial score (nSPS) is 19.7. The van der Waals surface area contributed by atoms with Gasteiger partial charge in [0.1, 0.15) is 0 Å². The first kappa shape index (κ1) is 13.5. The lowest BCUT2D eigenvalue weighted by Gasteiger charge is -2.33. The lowest BCUT2D eigenvalue weighted by atomic mass is 9.71. The molecule has 4 rings (SSSR count). The summed E-state index contributed by atoms with van der Waals surface area (Å²) >= 11 is 0. The molecule has 110 valence electrons. The molecule has 2 nitrogen and oxygen atoms in total. The molecule has 0 aliphatic heterocycles. The molecule has 0 amide bonds. The van der Waals surface area contributed by atoms with Gasteiger partial charge in [-0.15, -0.1) is 0 Å². The van der Waals surface area contributed by atoms with Gasteiger partial charge < -0.3 is 10.2 Å². The van der Waals surface area contributed by atoms with E-state index in [0.29, 0.717) is 0 Å². The highest BCUT2D eigenvalue weighted by Crippen LogP contribution is 2.45. The maximum atomic E-state index is 10.0. The van der Waals surface area contributed by atoms with E-state index in [1.54, 1.807) is 0 Å². The first-order valence-corrected chi connectivity index (χ1v) is 7.67. The highest BCUT2D eigenvalue weighted by Gasteiger charge is 2.32. The summed E-state index contributed by atoms with van der Waals surface area (Å²) in [7, 11) is 0. The molecular formula is C20H18O2.